The van der Waals surface area contributed by atoms with Gasteiger partial charge >= 0.3 is 6.09 Å². The summed E-state index contributed by atoms with van der Waals surface area (Å²) < 4.78 is 44.6. The normalized spacial score (nSPS) is 15.6. The number of nitrogens with zero attached hydrogens (tertiary/aromatic N) is 5. The van der Waals surface area contributed by atoms with Gasteiger partial charge in [-0.2, -0.15) is 0 Å². The summed E-state index contributed by atoms with van der Waals surface area (Å²) in [4.78, 5) is 46.5. The van der Waals surface area contributed by atoms with Crippen LogP contribution in [0.15, 0.2) is 155 Å². The number of carbonyl (C=O) groups excluding carboxylic acids is 1. The number of nitrogens with one attached hydrogen (secondary N) is 1. The van der Waals surface area contributed by atoms with Gasteiger partial charge in [0.2, 0.25) is 0 Å². The van der Waals surface area contributed by atoms with E-state index in [9.17, 15) is 14.4 Å². The van der Waals surface area contributed by atoms with Crippen LogP contribution >= 0.6 is 0 Å². The number of carbonyl (C=O) groups is 1. The Kier molecular flexibility index (Phi) is 19.4. The number of aryl methyl sites for hydroxylation is 2. The molecule has 0 spiro atoms. The molecule has 2 fully saturated rings. The molecule has 2 saturated heterocycles. The Morgan fingerprint density at radius 2 is 0.989 bits per heavy atom. The van der Waals surface area contributed by atoms with E-state index in [0.717, 1.165) is 150 Å². The summed E-state index contributed by atoms with van der Waals surface area (Å²) in [6.45, 7) is 20.6. The van der Waals surface area contributed by atoms with Crippen LogP contribution in [0.3, 0.4) is 0 Å². The van der Waals surface area contributed by atoms with Crippen molar-refractivity contribution in [3.8, 4) is 34.5 Å². The molecule has 456 valence electrons. The van der Waals surface area contributed by atoms with E-state index in [0.29, 0.717) is 71.1 Å². The summed E-state index contributed by atoms with van der Waals surface area (Å²) in [5.41, 5.74) is 7.60. The summed E-state index contributed by atoms with van der Waals surface area (Å²) in [6, 6.07) is 48.3. The SMILES string of the molecule is Cc1cc(=O)n(CCN2CCC(N(Cc3ccc4c(c3)OCCO4)C(=O)OC(C)(C)C)CC2)c2cc(OCc3ccccc3)ccc12.Cc1cc(=O)n(CCN2CCC(NCc3ccc4c(c3)OCCO4)CC2)c2cc(OCc3ccccc3)ccc12. The first-order valence-electron chi connectivity index (χ1n) is 30.8. The van der Waals surface area contributed by atoms with E-state index in [4.69, 9.17) is 33.2 Å². The fourth-order valence-electron chi connectivity index (χ4n) is 12.0. The van der Waals surface area contributed by atoms with Crippen molar-refractivity contribution in [2.45, 2.75) is 117 Å². The molecular weight excluding hydrogens is 1100 g/mol. The third-order valence-corrected chi connectivity index (χ3v) is 16.7. The number of hydrogen-bond donors (Lipinski definition) is 1. The van der Waals surface area contributed by atoms with Gasteiger partial charge in [0.15, 0.2) is 23.0 Å². The number of piperidine rings is 2. The van der Waals surface area contributed by atoms with Crippen molar-refractivity contribution < 1.29 is 38.0 Å². The van der Waals surface area contributed by atoms with Gasteiger partial charge in [-0.1, -0.05) is 72.8 Å². The third kappa shape index (κ3) is 15.8. The van der Waals surface area contributed by atoms with Gasteiger partial charge < -0.3 is 62.3 Å². The van der Waals surface area contributed by atoms with Crippen LogP contribution in [0.25, 0.3) is 21.8 Å². The number of likely N-dealkylation sites (tertiary alicyclic amines) is 2. The average molecular weight is 1180 g/mol. The van der Waals surface area contributed by atoms with Gasteiger partial charge in [0.25, 0.3) is 11.1 Å². The van der Waals surface area contributed by atoms with Gasteiger partial charge in [-0.15, -0.1) is 0 Å². The Bertz CT molecular complexity index is 3750. The molecule has 6 aromatic carbocycles. The summed E-state index contributed by atoms with van der Waals surface area (Å²) in [6.07, 6.45) is 3.49. The van der Waals surface area contributed by atoms with Crippen molar-refractivity contribution >= 4 is 27.9 Å². The molecule has 0 unspecified atom stereocenters. The van der Waals surface area contributed by atoms with E-state index in [-0.39, 0.29) is 23.3 Å². The summed E-state index contributed by atoms with van der Waals surface area (Å²) in [5, 5.41) is 5.85. The molecule has 6 heterocycles. The predicted octanol–water partition coefficient (Wildman–Crippen LogP) is 11.5. The minimum atomic E-state index is -0.598. The van der Waals surface area contributed by atoms with Crippen molar-refractivity contribution in [2.24, 2.45) is 0 Å². The van der Waals surface area contributed by atoms with E-state index in [1.54, 1.807) is 12.1 Å². The average Bonchev–Trinajstić information content (AvgIpc) is 1.87. The van der Waals surface area contributed by atoms with Crippen LogP contribution in [-0.2, 0) is 44.1 Å². The Labute approximate surface area is 510 Å². The van der Waals surface area contributed by atoms with Crippen LogP contribution in [0, 0.1) is 13.8 Å². The molecule has 0 saturated carbocycles. The number of benzene rings is 6. The van der Waals surface area contributed by atoms with E-state index in [1.165, 1.54) is 5.56 Å². The number of pyridine rings is 2. The second kappa shape index (κ2) is 28.0. The van der Waals surface area contributed by atoms with E-state index in [2.05, 4.69) is 45.4 Å². The van der Waals surface area contributed by atoms with Gasteiger partial charge in [-0.05, 0) is 155 Å². The molecule has 0 bridgehead atoms. The summed E-state index contributed by atoms with van der Waals surface area (Å²) in [5.74, 6) is 4.63. The lowest BCUT2D eigenvalue weighted by Gasteiger charge is -2.39. The summed E-state index contributed by atoms with van der Waals surface area (Å²) in [7, 11) is 0. The minimum absolute atomic E-state index is 0.0133. The van der Waals surface area contributed by atoms with Gasteiger partial charge in [-0.25, -0.2) is 4.79 Å². The molecule has 1 N–H and O–H groups in total. The zero-order valence-corrected chi connectivity index (χ0v) is 51.0. The third-order valence-electron chi connectivity index (χ3n) is 16.7. The number of rotatable bonds is 18. The Balaban J connectivity index is 0.000000182. The fourth-order valence-corrected chi connectivity index (χ4v) is 12.0. The first-order chi connectivity index (χ1) is 42.2. The second-order valence-electron chi connectivity index (χ2n) is 24.2. The van der Waals surface area contributed by atoms with Crippen LogP contribution in [-0.4, -0.2) is 113 Å². The largest absolute Gasteiger partial charge is 0.489 e. The lowest BCUT2D eigenvalue weighted by atomic mass is 10.0. The predicted molar refractivity (Wildman–Crippen MR) is 340 cm³/mol. The Hall–Kier alpha value is -8.31. The number of amides is 1. The topological polar surface area (TPSA) is 147 Å². The number of aromatic nitrogens is 2. The highest BCUT2D eigenvalue weighted by molar-refractivity contribution is 5.84. The molecule has 12 rings (SSSR count). The lowest BCUT2D eigenvalue weighted by Crippen LogP contribution is -2.49. The van der Waals surface area contributed by atoms with Crippen LogP contribution in [0.1, 0.15) is 79.8 Å². The van der Waals surface area contributed by atoms with Crippen molar-refractivity contribution in [2.75, 3.05) is 65.7 Å². The summed E-state index contributed by atoms with van der Waals surface area (Å²) >= 11 is 0. The minimum Gasteiger partial charge on any atom is -0.489 e. The molecule has 16 nitrogen and oxygen atoms in total. The van der Waals surface area contributed by atoms with Crippen LogP contribution in [0.5, 0.6) is 34.5 Å². The lowest BCUT2D eigenvalue weighted by molar-refractivity contribution is 0.00561. The zero-order valence-electron chi connectivity index (χ0n) is 51.0. The van der Waals surface area contributed by atoms with Crippen LogP contribution in [0.2, 0.25) is 0 Å². The van der Waals surface area contributed by atoms with Gasteiger partial charge in [-0.3, -0.25) is 9.59 Å². The van der Waals surface area contributed by atoms with Gasteiger partial charge in [0.05, 0.1) is 11.0 Å². The fraction of sp³-hybridized carbons (Fsp3) is 0.394. The molecule has 4 aliphatic rings. The maximum Gasteiger partial charge on any atom is 0.410 e. The quantitative estimate of drug-likeness (QED) is 0.0870. The molecule has 1 amide bonds. The molecule has 2 aromatic heterocycles. The Morgan fingerprint density at radius 3 is 1.48 bits per heavy atom. The zero-order chi connectivity index (χ0) is 60.3. The van der Waals surface area contributed by atoms with Gasteiger partial charge in [0.1, 0.15) is 56.7 Å². The van der Waals surface area contributed by atoms with Crippen molar-refractivity contribution in [3.63, 3.8) is 0 Å². The van der Waals surface area contributed by atoms with Crippen molar-refractivity contribution in [1.82, 2.24) is 29.2 Å². The molecule has 8 aromatic rings. The number of hydrogen-bond acceptors (Lipinski definition) is 13. The standard InChI is InChI=1S/C38H45N3O6.C33H37N3O4/c1-27-22-36(42)40(33-24-31(11-12-32(27)33)46-26-28-8-6-5-7-9-28)19-18-39-16-14-30(15-17-39)41(37(43)47-38(2,3)4)25-29-10-13-34-35(23-29)45-21-20-44-34;1-24-19-33(37)36(30-21-28(8-9-29(24)30)40-23-25-5-3-2-4-6-25)16-15-35-13-11-27(12-14-35)34-22-26-7-10-31-32(20-26)39-18-17-38-31/h5-13,22-24,30H,14-21,25-26H2,1-4H3;2-10,19-21,27,34H,11-18,22-23H2,1H3. The maximum absolute atomic E-state index is 13.5. The highest BCUT2D eigenvalue weighted by Crippen LogP contribution is 2.34. The van der Waals surface area contributed by atoms with Gasteiger partial charge in [0, 0.05) is 99.5 Å². The number of fused-ring (bicyclic) bond motifs is 4. The molecule has 0 atom stereocenters. The molecule has 4 aliphatic heterocycles. The first kappa shape index (κ1) is 60.4. The van der Waals surface area contributed by atoms with E-state index >= 15 is 0 Å². The molecule has 87 heavy (non-hydrogen) atoms. The monoisotopic (exact) mass is 1180 g/mol. The maximum atomic E-state index is 13.5. The highest BCUT2D eigenvalue weighted by Gasteiger charge is 2.32. The van der Waals surface area contributed by atoms with E-state index < -0.39 is 5.60 Å². The first-order valence-corrected chi connectivity index (χ1v) is 30.8. The molecule has 0 aliphatic carbocycles. The van der Waals surface area contributed by atoms with Crippen LogP contribution < -0.4 is 44.9 Å². The second-order valence-corrected chi connectivity index (χ2v) is 24.2. The van der Waals surface area contributed by atoms with Crippen LogP contribution in [0.4, 0.5) is 4.79 Å². The highest BCUT2D eigenvalue weighted by atomic mass is 16.6. The van der Waals surface area contributed by atoms with E-state index in [1.807, 2.05) is 152 Å². The smallest absolute Gasteiger partial charge is 0.410 e. The molecule has 16 heteroatoms. The molecular formula is C71H82N6O10. The van der Waals surface area contributed by atoms with Crippen molar-refractivity contribution in [1.29, 1.82) is 0 Å². The number of ether oxygens (including phenoxy) is 7. The van der Waals surface area contributed by atoms with Crippen molar-refractivity contribution in [3.05, 3.63) is 200 Å². The Morgan fingerprint density at radius 1 is 0.529 bits per heavy atom. The molecule has 0 radical (unpaired) electrons.